The van der Waals surface area contributed by atoms with Crippen molar-refractivity contribution in [2.75, 3.05) is 0 Å². The van der Waals surface area contributed by atoms with Gasteiger partial charge in [-0.3, -0.25) is 4.79 Å². The number of carbonyl (C=O) groups excluding carboxylic acids is 2. The molecule has 0 aromatic heterocycles. The fraction of sp³-hybridized carbons (Fsp3) is 0.111. The molecule has 0 bridgehead atoms. The number of aromatic hydroxyl groups is 1. The molecule has 1 aromatic carbocycles. The molecule has 0 aliphatic carbocycles. The zero-order valence-electron chi connectivity index (χ0n) is 7.28. The van der Waals surface area contributed by atoms with Gasteiger partial charge in [-0.2, -0.15) is 0 Å². The lowest BCUT2D eigenvalue weighted by atomic mass is 10.2. The molecule has 4 nitrogen and oxygen atoms in total. The summed E-state index contributed by atoms with van der Waals surface area (Å²) in [6, 6.07) is 4.46. The van der Waals surface area contributed by atoms with Crippen molar-refractivity contribution < 1.29 is 19.4 Å². The maximum absolute atomic E-state index is 11.2. The third kappa shape index (κ3) is 2.69. The molecule has 0 aliphatic rings. The molecule has 0 amide bonds. The second-order valence-corrected chi connectivity index (χ2v) is 3.79. The van der Waals surface area contributed by atoms with Crippen molar-refractivity contribution in [3.63, 3.8) is 0 Å². The zero-order valence-corrected chi connectivity index (χ0v) is 9.44. The molecular formula is C9H7IO4. The highest BCUT2D eigenvalue weighted by Gasteiger charge is 2.14. The van der Waals surface area contributed by atoms with Crippen LogP contribution in [0.15, 0.2) is 18.2 Å². The Morgan fingerprint density at radius 1 is 1.43 bits per heavy atom. The van der Waals surface area contributed by atoms with Crippen LogP contribution in [0, 0.1) is 3.57 Å². The fourth-order valence-corrected chi connectivity index (χ4v) is 1.35. The van der Waals surface area contributed by atoms with E-state index in [9.17, 15) is 14.7 Å². The summed E-state index contributed by atoms with van der Waals surface area (Å²) >= 11 is 1.99. The van der Waals surface area contributed by atoms with Crippen molar-refractivity contribution in [3.8, 4) is 5.75 Å². The molecule has 0 fully saturated rings. The van der Waals surface area contributed by atoms with E-state index in [-0.39, 0.29) is 11.3 Å². The van der Waals surface area contributed by atoms with Crippen molar-refractivity contribution in [3.05, 3.63) is 27.3 Å². The van der Waals surface area contributed by atoms with E-state index in [1.165, 1.54) is 12.1 Å². The Morgan fingerprint density at radius 3 is 2.64 bits per heavy atom. The molecule has 0 aliphatic heterocycles. The first-order valence-corrected chi connectivity index (χ1v) is 4.80. The van der Waals surface area contributed by atoms with Crippen LogP contribution in [0.3, 0.4) is 0 Å². The molecule has 1 N–H and O–H groups in total. The molecule has 0 saturated heterocycles. The van der Waals surface area contributed by atoms with Gasteiger partial charge in [0.2, 0.25) is 0 Å². The highest BCUT2D eigenvalue weighted by atomic mass is 127. The van der Waals surface area contributed by atoms with Gasteiger partial charge in [-0.1, -0.05) is 0 Å². The van der Waals surface area contributed by atoms with Crippen LogP contribution in [-0.2, 0) is 9.53 Å². The van der Waals surface area contributed by atoms with Gasteiger partial charge in [0.1, 0.15) is 11.3 Å². The van der Waals surface area contributed by atoms with E-state index in [2.05, 4.69) is 4.74 Å². The lowest BCUT2D eigenvalue weighted by molar-refractivity contribution is -0.135. The predicted molar refractivity (Wildman–Crippen MR) is 56.9 cm³/mol. The van der Waals surface area contributed by atoms with Crippen LogP contribution in [0.5, 0.6) is 5.75 Å². The molecule has 14 heavy (non-hydrogen) atoms. The summed E-state index contributed by atoms with van der Waals surface area (Å²) in [6.07, 6.45) is 0. The standard InChI is InChI=1S/C9H7IO4/c1-5(11)14-9(13)7-4-6(10)2-3-8(7)12/h2-4,12H,1H3. The normalized spacial score (nSPS) is 9.57. The topological polar surface area (TPSA) is 63.6 Å². The van der Waals surface area contributed by atoms with Crippen molar-refractivity contribution >= 4 is 34.5 Å². The van der Waals surface area contributed by atoms with Crippen LogP contribution in [0.2, 0.25) is 0 Å². The average Bonchev–Trinajstić information content (AvgIpc) is 2.08. The average molecular weight is 306 g/mol. The lowest BCUT2D eigenvalue weighted by Gasteiger charge is -2.02. The molecule has 0 radical (unpaired) electrons. The number of carbonyl (C=O) groups is 2. The first-order chi connectivity index (χ1) is 6.50. The molecule has 0 unspecified atom stereocenters. The largest absolute Gasteiger partial charge is 0.507 e. The summed E-state index contributed by atoms with van der Waals surface area (Å²) in [4.78, 5) is 21.7. The molecule has 0 spiro atoms. The van der Waals surface area contributed by atoms with Crippen LogP contribution in [-0.4, -0.2) is 17.0 Å². The number of hydrogen-bond acceptors (Lipinski definition) is 4. The molecule has 0 atom stereocenters. The van der Waals surface area contributed by atoms with Crippen molar-refractivity contribution in [1.29, 1.82) is 0 Å². The molecule has 5 heteroatoms. The summed E-state index contributed by atoms with van der Waals surface area (Å²) in [5.74, 6) is -1.74. The van der Waals surface area contributed by atoms with E-state index in [0.717, 1.165) is 10.5 Å². The van der Waals surface area contributed by atoms with Crippen molar-refractivity contribution in [1.82, 2.24) is 0 Å². The summed E-state index contributed by atoms with van der Waals surface area (Å²) in [6.45, 7) is 1.13. The molecule has 0 heterocycles. The first kappa shape index (κ1) is 11.0. The van der Waals surface area contributed by atoms with Gasteiger partial charge in [0.15, 0.2) is 0 Å². The van der Waals surface area contributed by atoms with E-state index in [0.29, 0.717) is 0 Å². The minimum Gasteiger partial charge on any atom is -0.507 e. The quantitative estimate of drug-likeness (QED) is 0.487. The number of ether oxygens (including phenoxy) is 1. The highest BCUT2D eigenvalue weighted by Crippen LogP contribution is 2.20. The van der Waals surface area contributed by atoms with Gasteiger partial charge in [-0.15, -0.1) is 0 Å². The fourth-order valence-electron chi connectivity index (χ4n) is 0.857. The second-order valence-electron chi connectivity index (χ2n) is 2.54. The Kier molecular flexibility index (Phi) is 3.45. The highest BCUT2D eigenvalue weighted by molar-refractivity contribution is 14.1. The number of rotatable bonds is 1. The van der Waals surface area contributed by atoms with Gasteiger partial charge in [0.25, 0.3) is 0 Å². The van der Waals surface area contributed by atoms with Crippen LogP contribution in [0.4, 0.5) is 0 Å². The Balaban J connectivity index is 3.00. The number of hydrogen-bond donors (Lipinski definition) is 1. The number of halogens is 1. The Morgan fingerprint density at radius 2 is 2.07 bits per heavy atom. The van der Waals surface area contributed by atoms with Gasteiger partial charge in [-0.05, 0) is 40.8 Å². The number of phenols is 1. The molecule has 1 rings (SSSR count). The van der Waals surface area contributed by atoms with Crippen LogP contribution >= 0.6 is 22.6 Å². The van der Waals surface area contributed by atoms with E-state index >= 15 is 0 Å². The summed E-state index contributed by atoms with van der Waals surface area (Å²) in [5.41, 5.74) is -0.00731. The van der Waals surface area contributed by atoms with Gasteiger partial charge in [-0.25, -0.2) is 4.79 Å². The van der Waals surface area contributed by atoms with Crippen molar-refractivity contribution in [2.45, 2.75) is 6.92 Å². The minimum absolute atomic E-state index is 0.00731. The van der Waals surface area contributed by atoms with Crippen LogP contribution in [0.25, 0.3) is 0 Å². The Bertz CT molecular complexity index is 386. The van der Waals surface area contributed by atoms with Crippen molar-refractivity contribution in [2.24, 2.45) is 0 Å². The molecule has 1 aromatic rings. The summed E-state index contributed by atoms with van der Waals surface area (Å²) in [7, 11) is 0. The monoisotopic (exact) mass is 306 g/mol. The Hall–Kier alpha value is -1.11. The number of phenolic OH excluding ortho intramolecular Hbond substituents is 1. The van der Waals surface area contributed by atoms with Crippen LogP contribution < -0.4 is 0 Å². The first-order valence-electron chi connectivity index (χ1n) is 3.72. The number of benzene rings is 1. The SMILES string of the molecule is CC(=O)OC(=O)c1cc(I)ccc1O. The van der Waals surface area contributed by atoms with Gasteiger partial charge < -0.3 is 9.84 Å². The summed E-state index contributed by atoms with van der Waals surface area (Å²) < 4.78 is 5.10. The molecular weight excluding hydrogens is 299 g/mol. The van der Waals surface area contributed by atoms with E-state index in [1.807, 2.05) is 22.6 Å². The summed E-state index contributed by atoms with van der Waals surface area (Å²) in [5, 5.41) is 9.30. The lowest BCUT2D eigenvalue weighted by Crippen LogP contribution is -2.09. The van der Waals surface area contributed by atoms with Gasteiger partial charge in [0, 0.05) is 10.5 Å². The van der Waals surface area contributed by atoms with Gasteiger partial charge >= 0.3 is 11.9 Å². The smallest absolute Gasteiger partial charge is 0.349 e. The molecule has 0 saturated carbocycles. The third-order valence-corrected chi connectivity index (χ3v) is 2.09. The predicted octanol–water partition coefficient (Wildman–Crippen LogP) is 1.70. The van der Waals surface area contributed by atoms with E-state index < -0.39 is 11.9 Å². The third-order valence-electron chi connectivity index (χ3n) is 1.41. The number of esters is 2. The van der Waals surface area contributed by atoms with Crippen LogP contribution in [0.1, 0.15) is 17.3 Å². The van der Waals surface area contributed by atoms with Gasteiger partial charge in [0.05, 0.1) is 0 Å². The maximum atomic E-state index is 11.2. The minimum atomic E-state index is -0.839. The van der Waals surface area contributed by atoms with E-state index in [1.54, 1.807) is 6.07 Å². The molecule has 74 valence electrons. The second kappa shape index (κ2) is 4.41. The van der Waals surface area contributed by atoms with E-state index in [4.69, 9.17) is 0 Å². The zero-order chi connectivity index (χ0) is 10.7. The Labute approximate surface area is 94.0 Å². The maximum Gasteiger partial charge on any atom is 0.349 e.